The Labute approximate surface area is 167 Å². The van der Waals surface area contributed by atoms with Crippen LogP contribution in [-0.4, -0.2) is 48.0 Å². The Kier molecular flexibility index (Phi) is 4.57. The van der Waals surface area contributed by atoms with Gasteiger partial charge in [0.25, 0.3) is 5.91 Å². The van der Waals surface area contributed by atoms with Gasteiger partial charge in [-0.15, -0.1) is 0 Å². The van der Waals surface area contributed by atoms with Gasteiger partial charge in [0.1, 0.15) is 30.8 Å². The number of carbonyl (C=O) groups excluding carboxylic acids is 3. The maximum atomic E-state index is 13.1. The monoisotopic (exact) mass is 398 g/mol. The second-order valence-electron chi connectivity index (χ2n) is 7.75. The van der Waals surface area contributed by atoms with Gasteiger partial charge < -0.3 is 20.1 Å². The Morgan fingerprint density at radius 2 is 1.93 bits per heavy atom. The molecule has 29 heavy (non-hydrogen) atoms. The van der Waals surface area contributed by atoms with E-state index in [1.807, 2.05) is 0 Å². The summed E-state index contributed by atoms with van der Waals surface area (Å²) in [6.07, 6.45) is 2.87. The molecule has 2 heterocycles. The summed E-state index contributed by atoms with van der Waals surface area (Å²) in [5, 5.41) is 14.8. The maximum absolute atomic E-state index is 13.1. The van der Waals surface area contributed by atoms with Gasteiger partial charge in [0, 0.05) is 0 Å². The van der Waals surface area contributed by atoms with E-state index >= 15 is 0 Å². The summed E-state index contributed by atoms with van der Waals surface area (Å²) in [5.41, 5.74) is -1.70. The Balaban J connectivity index is 1.51. The van der Waals surface area contributed by atoms with Crippen molar-refractivity contribution in [2.75, 3.05) is 19.8 Å². The zero-order valence-corrected chi connectivity index (χ0v) is 16.1. The molecule has 9 heteroatoms. The van der Waals surface area contributed by atoms with Crippen LogP contribution in [0.15, 0.2) is 18.2 Å². The van der Waals surface area contributed by atoms with E-state index in [-0.39, 0.29) is 0 Å². The SMILES string of the molecule is C[C@@]1(c2ccc3c(c2)OCCO3)NC(=O)N(CC(=O)NC2(C#N)CCCC2)C1=O. The zero-order valence-electron chi connectivity index (χ0n) is 16.1. The zero-order chi connectivity index (χ0) is 20.6. The number of carbonyl (C=O) groups is 3. The minimum atomic E-state index is -1.33. The fraction of sp³-hybridized carbons (Fsp3) is 0.500. The number of nitrogens with one attached hydrogen (secondary N) is 2. The first kappa shape index (κ1) is 19.1. The third-order valence-electron chi connectivity index (χ3n) is 5.75. The lowest BCUT2D eigenvalue weighted by Crippen LogP contribution is -2.50. The minimum absolute atomic E-state index is 0.403. The summed E-state index contributed by atoms with van der Waals surface area (Å²) in [6.45, 7) is 2.01. The van der Waals surface area contributed by atoms with Crippen LogP contribution >= 0.6 is 0 Å². The summed E-state index contributed by atoms with van der Waals surface area (Å²) in [4.78, 5) is 38.9. The van der Waals surface area contributed by atoms with Crippen LogP contribution in [0.5, 0.6) is 11.5 Å². The van der Waals surface area contributed by atoms with Crippen LogP contribution in [0.25, 0.3) is 0 Å². The molecule has 2 N–H and O–H groups in total. The molecule has 0 aromatic heterocycles. The summed E-state index contributed by atoms with van der Waals surface area (Å²) >= 11 is 0. The fourth-order valence-electron chi connectivity index (χ4n) is 4.08. The average Bonchev–Trinajstić information content (AvgIpc) is 3.27. The van der Waals surface area contributed by atoms with Gasteiger partial charge in [-0.25, -0.2) is 4.79 Å². The lowest BCUT2D eigenvalue weighted by Gasteiger charge is -2.26. The molecule has 3 aliphatic rings. The molecule has 0 radical (unpaired) electrons. The van der Waals surface area contributed by atoms with E-state index in [0.717, 1.165) is 17.7 Å². The smallest absolute Gasteiger partial charge is 0.325 e. The van der Waals surface area contributed by atoms with Gasteiger partial charge in [-0.2, -0.15) is 5.26 Å². The van der Waals surface area contributed by atoms with Crippen LogP contribution in [0.2, 0.25) is 0 Å². The molecule has 1 aromatic rings. The maximum Gasteiger partial charge on any atom is 0.325 e. The first-order valence-corrected chi connectivity index (χ1v) is 9.63. The first-order valence-electron chi connectivity index (χ1n) is 9.63. The number of rotatable bonds is 4. The predicted molar refractivity (Wildman–Crippen MR) is 100.0 cm³/mol. The molecule has 0 unspecified atom stereocenters. The molecule has 4 rings (SSSR count). The number of benzene rings is 1. The van der Waals surface area contributed by atoms with Crippen molar-refractivity contribution >= 4 is 17.8 Å². The Bertz CT molecular complexity index is 918. The van der Waals surface area contributed by atoms with Crippen molar-refractivity contribution in [1.29, 1.82) is 5.26 Å². The number of imide groups is 1. The van der Waals surface area contributed by atoms with Crippen molar-refractivity contribution < 1.29 is 23.9 Å². The number of nitrogens with zero attached hydrogens (tertiary/aromatic N) is 2. The van der Waals surface area contributed by atoms with Gasteiger partial charge in [0.05, 0.1) is 6.07 Å². The number of fused-ring (bicyclic) bond motifs is 1. The number of urea groups is 1. The van der Waals surface area contributed by atoms with Crippen molar-refractivity contribution in [2.45, 2.75) is 43.7 Å². The van der Waals surface area contributed by atoms with Crippen molar-refractivity contribution in [3.63, 3.8) is 0 Å². The first-order chi connectivity index (χ1) is 13.9. The Morgan fingerprint density at radius 3 is 2.62 bits per heavy atom. The predicted octanol–water partition coefficient (Wildman–Crippen LogP) is 1.18. The van der Waals surface area contributed by atoms with Crippen molar-refractivity contribution in [3.8, 4) is 17.6 Å². The van der Waals surface area contributed by atoms with Gasteiger partial charge in [-0.05, 0) is 50.3 Å². The van der Waals surface area contributed by atoms with Crippen molar-refractivity contribution in [2.24, 2.45) is 0 Å². The molecule has 1 saturated carbocycles. The molecule has 1 aliphatic carbocycles. The molecule has 9 nitrogen and oxygen atoms in total. The average molecular weight is 398 g/mol. The van der Waals surface area contributed by atoms with Crippen LogP contribution in [0, 0.1) is 11.3 Å². The second-order valence-corrected chi connectivity index (χ2v) is 7.75. The highest BCUT2D eigenvalue weighted by Gasteiger charge is 2.50. The highest BCUT2D eigenvalue weighted by atomic mass is 16.6. The van der Waals surface area contributed by atoms with E-state index in [1.165, 1.54) is 0 Å². The minimum Gasteiger partial charge on any atom is -0.486 e. The van der Waals surface area contributed by atoms with Crippen LogP contribution in [0.4, 0.5) is 4.79 Å². The standard InChI is InChI=1S/C20H22N4O5/c1-19(13-4-5-14-15(10-13)29-9-8-28-14)17(26)24(18(27)23-19)11-16(25)22-20(12-21)6-2-3-7-20/h4-5,10H,2-3,6-9,11H2,1H3,(H,22,25)(H,23,27)/t19-/m0/s1. The van der Waals surface area contributed by atoms with Gasteiger partial charge in [0.15, 0.2) is 11.5 Å². The van der Waals surface area contributed by atoms with Crippen LogP contribution in [0.3, 0.4) is 0 Å². The number of nitriles is 1. The molecule has 1 saturated heterocycles. The van der Waals surface area contributed by atoms with Crippen molar-refractivity contribution in [1.82, 2.24) is 15.5 Å². The van der Waals surface area contributed by atoms with E-state index in [0.29, 0.717) is 43.1 Å². The van der Waals surface area contributed by atoms with Gasteiger partial charge >= 0.3 is 6.03 Å². The van der Waals surface area contributed by atoms with E-state index in [2.05, 4.69) is 16.7 Å². The van der Waals surface area contributed by atoms with E-state index < -0.39 is 35.5 Å². The van der Waals surface area contributed by atoms with Crippen LogP contribution in [0.1, 0.15) is 38.2 Å². The molecule has 1 atom stereocenters. The quantitative estimate of drug-likeness (QED) is 0.735. The van der Waals surface area contributed by atoms with Gasteiger partial charge in [-0.1, -0.05) is 6.07 Å². The van der Waals surface area contributed by atoms with Crippen LogP contribution < -0.4 is 20.1 Å². The molecular formula is C20H22N4O5. The van der Waals surface area contributed by atoms with Crippen LogP contribution in [-0.2, 0) is 15.1 Å². The summed E-state index contributed by atoms with van der Waals surface area (Å²) < 4.78 is 11.1. The third-order valence-corrected chi connectivity index (χ3v) is 5.75. The molecule has 0 bridgehead atoms. The molecule has 2 fully saturated rings. The summed E-state index contributed by atoms with van der Waals surface area (Å²) in [5.74, 6) is 0.0236. The van der Waals surface area contributed by atoms with Gasteiger partial charge in [-0.3, -0.25) is 14.5 Å². The lowest BCUT2D eigenvalue weighted by molar-refractivity contribution is -0.135. The molecule has 152 valence electrons. The molecular weight excluding hydrogens is 376 g/mol. The van der Waals surface area contributed by atoms with E-state index in [9.17, 15) is 19.6 Å². The topological polar surface area (TPSA) is 121 Å². The Hall–Kier alpha value is -3.28. The highest BCUT2D eigenvalue weighted by Crippen LogP contribution is 2.37. The molecule has 0 spiro atoms. The number of hydrogen-bond donors (Lipinski definition) is 2. The third kappa shape index (κ3) is 3.24. The van der Waals surface area contributed by atoms with E-state index in [4.69, 9.17) is 9.47 Å². The number of ether oxygens (including phenoxy) is 2. The fourth-order valence-corrected chi connectivity index (χ4v) is 4.08. The summed E-state index contributed by atoms with van der Waals surface area (Å²) in [7, 11) is 0. The van der Waals surface area contributed by atoms with Gasteiger partial charge in [0.2, 0.25) is 5.91 Å². The molecule has 1 aromatic carbocycles. The van der Waals surface area contributed by atoms with Crippen molar-refractivity contribution in [3.05, 3.63) is 23.8 Å². The molecule has 4 amide bonds. The molecule has 2 aliphatic heterocycles. The number of hydrogen-bond acceptors (Lipinski definition) is 6. The summed E-state index contributed by atoms with van der Waals surface area (Å²) in [6, 6.07) is 6.57. The largest absolute Gasteiger partial charge is 0.486 e. The second kappa shape index (κ2) is 6.95. The normalized spacial score (nSPS) is 24.8. The van der Waals surface area contributed by atoms with E-state index in [1.54, 1.807) is 25.1 Å². The highest BCUT2D eigenvalue weighted by molar-refractivity contribution is 6.09. The number of amides is 4. The Morgan fingerprint density at radius 1 is 1.24 bits per heavy atom. The lowest BCUT2D eigenvalue weighted by atomic mass is 9.91.